The number of carboxylic acids is 1. The molecule has 0 aliphatic heterocycles. The number of carbonyl (C=O) groups is 3. The predicted octanol–water partition coefficient (Wildman–Crippen LogP) is 0.796. The fraction of sp³-hybridized carbons (Fsp3) is 0.786. The van der Waals surface area contributed by atoms with Crippen molar-refractivity contribution in [3.8, 4) is 0 Å². The number of rotatable bonds is 8. The number of aliphatic carboxylic acids is 1. The van der Waals surface area contributed by atoms with Gasteiger partial charge in [-0.15, -0.1) is 0 Å². The molecule has 1 aliphatic rings. The average molecular weight is 299 g/mol. The molecule has 0 saturated heterocycles. The molecule has 0 bridgehead atoms. The summed E-state index contributed by atoms with van der Waals surface area (Å²) in [7, 11) is 0. The zero-order chi connectivity index (χ0) is 16.0. The molecule has 0 aromatic carbocycles. The van der Waals surface area contributed by atoms with Gasteiger partial charge in [-0.1, -0.05) is 13.8 Å². The lowest BCUT2D eigenvalue weighted by Gasteiger charge is -2.24. The Labute approximate surface area is 125 Å². The van der Waals surface area contributed by atoms with Crippen molar-refractivity contribution in [2.45, 2.75) is 52.1 Å². The van der Waals surface area contributed by atoms with E-state index in [1.54, 1.807) is 6.92 Å². The minimum atomic E-state index is -0.934. The average Bonchev–Trinajstić information content (AvgIpc) is 3.20. The molecule has 1 fully saturated rings. The number of hydrogen-bond acceptors (Lipinski definition) is 3. The highest BCUT2D eigenvalue weighted by Crippen LogP contribution is 2.26. The maximum Gasteiger partial charge on any atom is 0.318 e. The van der Waals surface area contributed by atoms with Crippen molar-refractivity contribution < 1.29 is 19.5 Å². The summed E-state index contributed by atoms with van der Waals surface area (Å²) in [6.07, 6.45) is 1.69. The van der Waals surface area contributed by atoms with Gasteiger partial charge in [0.2, 0.25) is 5.91 Å². The van der Waals surface area contributed by atoms with Gasteiger partial charge in [-0.25, -0.2) is 4.79 Å². The van der Waals surface area contributed by atoms with Crippen molar-refractivity contribution in [2.24, 2.45) is 5.92 Å². The maximum atomic E-state index is 12.1. The van der Waals surface area contributed by atoms with Crippen molar-refractivity contribution in [1.29, 1.82) is 0 Å². The lowest BCUT2D eigenvalue weighted by atomic mass is 10.2. The largest absolute Gasteiger partial charge is 0.481 e. The lowest BCUT2D eigenvalue weighted by Crippen LogP contribution is -2.51. The van der Waals surface area contributed by atoms with Crippen LogP contribution in [0.2, 0.25) is 0 Å². The summed E-state index contributed by atoms with van der Waals surface area (Å²) in [5, 5.41) is 14.1. The van der Waals surface area contributed by atoms with Crippen LogP contribution in [0.3, 0.4) is 0 Å². The summed E-state index contributed by atoms with van der Waals surface area (Å²) in [6, 6.07) is -0.899. The highest BCUT2D eigenvalue weighted by atomic mass is 16.4. The second kappa shape index (κ2) is 7.85. The molecule has 3 N–H and O–H groups in total. The highest BCUT2D eigenvalue weighted by molar-refractivity contribution is 5.87. The monoisotopic (exact) mass is 299 g/mol. The Kier molecular flexibility index (Phi) is 6.45. The molecule has 0 radical (unpaired) electrons. The number of carboxylic acid groups (broad SMARTS) is 1. The number of amides is 3. The van der Waals surface area contributed by atoms with Gasteiger partial charge in [0.05, 0.1) is 6.42 Å². The predicted molar refractivity (Wildman–Crippen MR) is 77.8 cm³/mol. The van der Waals surface area contributed by atoms with Crippen molar-refractivity contribution in [2.75, 3.05) is 13.1 Å². The molecular weight excluding hydrogens is 274 g/mol. The van der Waals surface area contributed by atoms with Crippen molar-refractivity contribution in [3.63, 3.8) is 0 Å². The first-order valence-electron chi connectivity index (χ1n) is 7.38. The first-order valence-corrected chi connectivity index (χ1v) is 7.38. The SMILES string of the molecule is CC(C)CNC(=O)C(C)NC(=O)N(CCC(=O)O)C1CC1. The summed E-state index contributed by atoms with van der Waals surface area (Å²) < 4.78 is 0. The molecule has 3 amide bonds. The van der Waals surface area contributed by atoms with Crippen molar-refractivity contribution in [3.05, 3.63) is 0 Å². The third-order valence-electron chi connectivity index (χ3n) is 3.23. The van der Waals surface area contributed by atoms with Crippen LogP contribution in [0.5, 0.6) is 0 Å². The number of carbonyl (C=O) groups excluding carboxylic acids is 2. The molecular formula is C14H25N3O4. The molecule has 1 unspecified atom stereocenters. The van der Waals surface area contributed by atoms with Crippen LogP contribution in [0.1, 0.15) is 40.0 Å². The molecule has 120 valence electrons. The number of urea groups is 1. The van der Waals surface area contributed by atoms with E-state index in [-0.39, 0.29) is 30.9 Å². The van der Waals surface area contributed by atoms with Gasteiger partial charge in [0.15, 0.2) is 0 Å². The Morgan fingerprint density at radius 1 is 1.24 bits per heavy atom. The molecule has 21 heavy (non-hydrogen) atoms. The van der Waals surface area contributed by atoms with Gasteiger partial charge in [-0.2, -0.15) is 0 Å². The second-order valence-corrected chi connectivity index (χ2v) is 5.88. The van der Waals surface area contributed by atoms with Gasteiger partial charge in [-0.3, -0.25) is 9.59 Å². The zero-order valence-corrected chi connectivity index (χ0v) is 12.9. The minimum Gasteiger partial charge on any atom is -0.481 e. The second-order valence-electron chi connectivity index (χ2n) is 5.88. The summed E-state index contributed by atoms with van der Waals surface area (Å²) in [5.74, 6) is -0.822. The van der Waals surface area contributed by atoms with E-state index in [0.717, 1.165) is 12.8 Å². The van der Waals surface area contributed by atoms with E-state index in [0.29, 0.717) is 12.5 Å². The van der Waals surface area contributed by atoms with Gasteiger partial charge in [0.1, 0.15) is 6.04 Å². The van der Waals surface area contributed by atoms with Crippen LogP contribution < -0.4 is 10.6 Å². The van der Waals surface area contributed by atoms with Gasteiger partial charge in [0.25, 0.3) is 0 Å². The van der Waals surface area contributed by atoms with E-state index in [9.17, 15) is 14.4 Å². The van der Waals surface area contributed by atoms with Crippen LogP contribution in [0.4, 0.5) is 4.79 Å². The standard InChI is InChI=1S/C14H25N3O4/c1-9(2)8-15-13(20)10(3)16-14(21)17(11-4-5-11)7-6-12(18)19/h9-11H,4-8H2,1-3H3,(H,15,20)(H,16,21)(H,18,19). The molecule has 0 spiro atoms. The number of hydrogen-bond donors (Lipinski definition) is 3. The van der Waals surface area contributed by atoms with E-state index < -0.39 is 12.0 Å². The zero-order valence-electron chi connectivity index (χ0n) is 12.9. The van der Waals surface area contributed by atoms with Crippen LogP contribution in [-0.2, 0) is 9.59 Å². The van der Waals surface area contributed by atoms with E-state index in [4.69, 9.17) is 5.11 Å². The minimum absolute atomic E-state index is 0.0855. The van der Waals surface area contributed by atoms with Crippen LogP contribution in [-0.4, -0.2) is 53.1 Å². The fourth-order valence-corrected chi connectivity index (χ4v) is 1.84. The number of nitrogens with one attached hydrogen (secondary N) is 2. The molecule has 1 saturated carbocycles. The molecule has 0 aromatic heterocycles. The van der Waals surface area contributed by atoms with Crippen molar-refractivity contribution in [1.82, 2.24) is 15.5 Å². The molecule has 0 aromatic rings. The molecule has 1 aliphatic carbocycles. The smallest absolute Gasteiger partial charge is 0.318 e. The molecule has 0 heterocycles. The molecule has 7 heteroatoms. The first kappa shape index (κ1) is 17.3. The number of nitrogens with zero attached hydrogens (tertiary/aromatic N) is 1. The third kappa shape index (κ3) is 6.46. The van der Waals surface area contributed by atoms with Gasteiger partial charge < -0.3 is 20.6 Å². The van der Waals surface area contributed by atoms with E-state index in [1.807, 2.05) is 13.8 Å². The van der Waals surface area contributed by atoms with Crippen LogP contribution in [0, 0.1) is 5.92 Å². The molecule has 1 atom stereocenters. The Morgan fingerprint density at radius 3 is 2.33 bits per heavy atom. The topological polar surface area (TPSA) is 98.7 Å². The summed E-state index contributed by atoms with van der Waals surface area (Å²) in [6.45, 7) is 6.33. The maximum absolute atomic E-state index is 12.1. The van der Waals surface area contributed by atoms with Crippen molar-refractivity contribution >= 4 is 17.9 Å². The summed E-state index contributed by atoms with van der Waals surface area (Å²) >= 11 is 0. The van der Waals surface area contributed by atoms with E-state index in [2.05, 4.69) is 10.6 Å². The van der Waals surface area contributed by atoms with Crippen LogP contribution in [0.15, 0.2) is 0 Å². The van der Waals surface area contributed by atoms with E-state index >= 15 is 0 Å². The quantitative estimate of drug-likeness (QED) is 0.617. The first-order chi connectivity index (χ1) is 9.81. The summed E-state index contributed by atoms with van der Waals surface area (Å²) in [5.41, 5.74) is 0. The lowest BCUT2D eigenvalue weighted by molar-refractivity contribution is -0.137. The normalized spacial score (nSPS) is 15.4. The third-order valence-corrected chi connectivity index (χ3v) is 3.23. The van der Waals surface area contributed by atoms with Crippen LogP contribution in [0.25, 0.3) is 0 Å². The fourth-order valence-electron chi connectivity index (χ4n) is 1.84. The Bertz CT molecular complexity index is 394. The van der Waals surface area contributed by atoms with Gasteiger partial charge in [-0.05, 0) is 25.7 Å². The van der Waals surface area contributed by atoms with Crippen LogP contribution >= 0.6 is 0 Å². The molecule has 7 nitrogen and oxygen atoms in total. The molecule has 1 rings (SSSR count). The Balaban J connectivity index is 2.44. The Hall–Kier alpha value is -1.79. The van der Waals surface area contributed by atoms with Gasteiger partial charge >= 0.3 is 12.0 Å². The van der Waals surface area contributed by atoms with E-state index in [1.165, 1.54) is 4.90 Å². The van der Waals surface area contributed by atoms with Gasteiger partial charge in [0, 0.05) is 19.1 Å². The highest BCUT2D eigenvalue weighted by Gasteiger charge is 2.33. The Morgan fingerprint density at radius 2 is 1.86 bits per heavy atom. The summed E-state index contributed by atoms with van der Waals surface area (Å²) in [4.78, 5) is 36.1.